The second kappa shape index (κ2) is 6.98. The van der Waals surface area contributed by atoms with Crippen LogP contribution >= 0.6 is 0 Å². The number of alkyl halides is 3. The predicted octanol–water partition coefficient (Wildman–Crippen LogP) is 2.08. The van der Waals surface area contributed by atoms with E-state index < -0.39 is 33.9 Å². The molecule has 0 saturated carbocycles. The first-order valence-electron chi connectivity index (χ1n) is 7.28. The molecule has 1 fully saturated rings. The summed E-state index contributed by atoms with van der Waals surface area (Å²) in [6, 6.07) is 4.98. The number of sulfonamides is 1. The zero-order valence-electron chi connectivity index (χ0n) is 12.7. The number of benzene rings is 1. The number of carbonyl (C=O) groups is 1. The minimum atomic E-state index is -4.28. The molecule has 134 valence electrons. The molecule has 0 bridgehead atoms. The van der Waals surface area contributed by atoms with Crippen LogP contribution in [0.2, 0.25) is 0 Å². The fraction of sp³-hybridized carbons (Fsp3) is 0.500. The van der Waals surface area contributed by atoms with Crippen molar-refractivity contribution in [2.24, 2.45) is 5.14 Å². The van der Waals surface area contributed by atoms with Gasteiger partial charge in [-0.1, -0.05) is 12.1 Å². The van der Waals surface area contributed by atoms with Crippen molar-refractivity contribution in [3.63, 3.8) is 0 Å². The van der Waals surface area contributed by atoms with E-state index in [0.717, 1.165) is 0 Å². The Hall–Kier alpha value is -1.81. The molecule has 3 N–H and O–H groups in total. The lowest BCUT2D eigenvalue weighted by molar-refractivity contribution is -0.127. The van der Waals surface area contributed by atoms with Crippen LogP contribution in [0.4, 0.5) is 23.7 Å². The lowest BCUT2D eigenvalue weighted by Gasteiger charge is -2.30. The SMILES string of the molecule is NS(=O)(=O)C1CCN(C(=O)Nc2ccc(CC(F)(F)F)cc2)CC1. The molecular formula is C14H18F3N3O3S. The Bertz CT molecular complexity index is 681. The van der Waals surface area contributed by atoms with Crippen LogP contribution in [0, 0.1) is 0 Å². The zero-order valence-corrected chi connectivity index (χ0v) is 13.5. The number of piperidine rings is 1. The summed E-state index contributed by atoms with van der Waals surface area (Å²) in [4.78, 5) is 13.5. The summed E-state index contributed by atoms with van der Waals surface area (Å²) in [6.45, 7) is 0.498. The number of hydrogen-bond acceptors (Lipinski definition) is 3. The van der Waals surface area contributed by atoms with Gasteiger partial charge in [0.15, 0.2) is 0 Å². The van der Waals surface area contributed by atoms with Crippen LogP contribution < -0.4 is 10.5 Å². The Morgan fingerprint density at radius 3 is 2.21 bits per heavy atom. The van der Waals surface area contributed by atoms with E-state index in [1.54, 1.807) is 0 Å². The number of halogens is 3. The number of nitrogens with zero attached hydrogens (tertiary/aromatic N) is 1. The molecule has 2 amide bonds. The number of urea groups is 1. The van der Waals surface area contributed by atoms with Crippen LogP contribution in [0.5, 0.6) is 0 Å². The quantitative estimate of drug-likeness (QED) is 0.859. The molecule has 2 rings (SSSR count). The summed E-state index contributed by atoms with van der Waals surface area (Å²) in [5.74, 6) is 0. The van der Waals surface area contributed by atoms with Crippen LogP contribution in [0.1, 0.15) is 18.4 Å². The monoisotopic (exact) mass is 365 g/mol. The highest BCUT2D eigenvalue weighted by atomic mass is 32.2. The third-order valence-electron chi connectivity index (χ3n) is 3.80. The molecule has 0 spiro atoms. The van der Waals surface area contributed by atoms with E-state index in [0.29, 0.717) is 5.69 Å². The Labute approximate surface area is 137 Å². The average Bonchev–Trinajstić information content (AvgIpc) is 2.47. The number of primary sulfonamides is 1. The van der Waals surface area contributed by atoms with Gasteiger partial charge in [0, 0.05) is 18.8 Å². The highest BCUT2D eigenvalue weighted by Gasteiger charge is 2.29. The minimum absolute atomic E-state index is 0.106. The van der Waals surface area contributed by atoms with Crippen molar-refractivity contribution >= 4 is 21.7 Å². The first-order chi connectivity index (χ1) is 11.0. The van der Waals surface area contributed by atoms with E-state index >= 15 is 0 Å². The molecule has 1 aromatic rings. The molecule has 1 aliphatic heterocycles. The van der Waals surface area contributed by atoms with E-state index in [9.17, 15) is 26.4 Å². The van der Waals surface area contributed by atoms with Crippen LogP contribution in [-0.4, -0.2) is 43.9 Å². The zero-order chi connectivity index (χ0) is 18.0. The number of carbonyl (C=O) groups excluding carboxylic acids is 1. The van der Waals surface area contributed by atoms with E-state index in [4.69, 9.17) is 5.14 Å². The summed E-state index contributed by atoms with van der Waals surface area (Å²) >= 11 is 0. The molecule has 0 aromatic heterocycles. The average molecular weight is 365 g/mol. The topological polar surface area (TPSA) is 92.5 Å². The predicted molar refractivity (Wildman–Crippen MR) is 82.9 cm³/mol. The molecule has 0 atom stereocenters. The standard InChI is InChI=1S/C14H18F3N3O3S/c15-14(16,17)9-10-1-3-11(4-2-10)19-13(21)20-7-5-12(6-8-20)24(18,22)23/h1-4,12H,5-9H2,(H,19,21)(H2,18,22,23). The van der Waals surface area contributed by atoms with Gasteiger partial charge in [-0.25, -0.2) is 18.4 Å². The summed E-state index contributed by atoms with van der Waals surface area (Å²) in [5, 5.41) is 7.02. The van der Waals surface area contributed by atoms with E-state index in [1.165, 1.54) is 29.2 Å². The molecule has 1 heterocycles. The minimum Gasteiger partial charge on any atom is -0.324 e. The Balaban J connectivity index is 1.89. The van der Waals surface area contributed by atoms with Crippen molar-refractivity contribution in [1.82, 2.24) is 4.90 Å². The molecule has 0 unspecified atom stereocenters. The maximum absolute atomic E-state index is 12.3. The molecular weight excluding hydrogens is 347 g/mol. The van der Waals surface area contributed by atoms with E-state index in [1.807, 2.05) is 0 Å². The number of nitrogens with one attached hydrogen (secondary N) is 1. The first kappa shape index (κ1) is 18.5. The normalized spacial score (nSPS) is 16.9. The molecule has 0 aliphatic carbocycles. The number of hydrogen-bond donors (Lipinski definition) is 2. The van der Waals surface area contributed by atoms with Crippen molar-refractivity contribution in [2.45, 2.75) is 30.7 Å². The van der Waals surface area contributed by atoms with Gasteiger partial charge in [0.2, 0.25) is 10.0 Å². The first-order valence-corrected chi connectivity index (χ1v) is 8.89. The third-order valence-corrected chi connectivity index (χ3v) is 5.20. The van der Waals surface area contributed by atoms with Crippen molar-refractivity contribution in [3.8, 4) is 0 Å². The van der Waals surface area contributed by atoms with Gasteiger partial charge in [-0.15, -0.1) is 0 Å². The van der Waals surface area contributed by atoms with Gasteiger partial charge >= 0.3 is 12.2 Å². The molecule has 6 nitrogen and oxygen atoms in total. The maximum Gasteiger partial charge on any atom is 0.393 e. The van der Waals surface area contributed by atoms with Crippen molar-refractivity contribution in [2.75, 3.05) is 18.4 Å². The summed E-state index contributed by atoms with van der Waals surface area (Å²) in [5.41, 5.74) is 0.481. The summed E-state index contributed by atoms with van der Waals surface area (Å²) in [7, 11) is -3.60. The van der Waals surface area contributed by atoms with Gasteiger partial charge in [0.25, 0.3) is 0 Å². The van der Waals surface area contributed by atoms with Gasteiger partial charge < -0.3 is 10.2 Å². The van der Waals surface area contributed by atoms with Gasteiger partial charge in [-0.2, -0.15) is 13.2 Å². The highest BCUT2D eigenvalue weighted by Crippen LogP contribution is 2.22. The van der Waals surface area contributed by atoms with E-state index in [-0.39, 0.29) is 31.5 Å². The summed E-state index contributed by atoms with van der Waals surface area (Å²) < 4.78 is 59.4. The second-order valence-corrected chi connectivity index (χ2v) is 7.54. The molecule has 1 saturated heterocycles. The maximum atomic E-state index is 12.3. The van der Waals surface area contributed by atoms with Gasteiger partial charge in [0.1, 0.15) is 0 Å². The number of amides is 2. The van der Waals surface area contributed by atoms with Crippen LogP contribution in [0.15, 0.2) is 24.3 Å². The number of likely N-dealkylation sites (tertiary alicyclic amines) is 1. The highest BCUT2D eigenvalue weighted by molar-refractivity contribution is 7.89. The van der Waals surface area contributed by atoms with E-state index in [2.05, 4.69) is 5.32 Å². The van der Waals surface area contributed by atoms with Crippen molar-refractivity contribution < 1.29 is 26.4 Å². The fourth-order valence-corrected chi connectivity index (χ4v) is 3.40. The van der Waals surface area contributed by atoms with Crippen LogP contribution in [-0.2, 0) is 16.4 Å². The number of nitrogens with two attached hydrogens (primary N) is 1. The van der Waals surface area contributed by atoms with Crippen molar-refractivity contribution in [1.29, 1.82) is 0 Å². The Morgan fingerprint density at radius 1 is 1.21 bits per heavy atom. The smallest absolute Gasteiger partial charge is 0.324 e. The molecule has 0 radical (unpaired) electrons. The second-order valence-electron chi connectivity index (χ2n) is 5.69. The lowest BCUT2D eigenvalue weighted by atomic mass is 10.1. The fourth-order valence-electron chi connectivity index (χ4n) is 2.53. The largest absolute Gasteiger partial charge is 0.393 e. The molecule has 1 aliphatic rings. The van der Waals surface area contributed by atoms with Gasteiger partial charge in [0.05, 0.1) is 11.7 Å². The number of anilines is 1. The van der Waals surface area contributed by atoms with Crippen LogP contribution in [0.3, 0.4) is 0 Å². The molecule has 10 heteroatoms. The summed E-state index contributed by atoms with van der Waals surface area (Å²) in [6.07, 6.45) is -4.78. The van der Waals surface area contributed by atoms with Gasteiger partial charge in [-0.05, 0) is 30.5 Å². The van der Waals surface area contributed by atoms with Crippen molar-refractivity contribution in [3.05, 3.63) is 29.8 Å². The number of rotatable bonds is 3. The third kappa shape index (κ3) is 5.38. The van der Waals surface area contributed by atoms with Crippen LogP contribution in [0.25, 0.3) is 0 Å². The Kier molecular flexibility index (Phi) is 5.38. The van der Waals surface area contributed by atoms with Gasteiger partial charge in [-0.3, -0.25) is 0 Å². The Morgan fingerprint density at radius 2 is 1.75 bits per heavy atom. The lowest BCUT2D eigenvalue weighted by Crippen LogP contribution is -2.45. The molecule has 1 aromatic carbocycles. The molecule has 24 heavy (non-hydrogen) atoms.